The minimum absolute atomic E-state index is 0.172. The van der Waals surface area contributed by atoms with E-state index in [0.29, 0.717) is 40.7 Å². The van der Waals surface area contributed by atoms with E-state index in [4.69, 9.17) is 18.9 Å². The second kappa shape index (κ2) is 7.70. The normalized spacial score (nSPS) is 12.0. The van der Waals surface area contributed by atoms with Gasteiger partial charge in [-0.25, -0.2) is 0 Å². The van der Waals surface area contributed by atoms with E-state index in [1.807, 2.05) is 66.7 Å². The van der Waals surface area contributed by atoms with Gasteiger partial charge in [0.15, 0.2) is 11.5 Å². The summed E-state index contributed by atoms with van der Waals surface area (Å²) in [7, 11) is 0. The van der Waals surface area contributed by atoms with E-state index in [1.54, 1.807) is 0 Å². The van der Waals surface area contributed by atoms with Crippen molar-refractivity contribution in [2.75, 3.05) is 6.79 Å². The van der Waals surface area contributed by atoms with Crippen LogP contribution in [-0.2, 0) is 13.2 Å². The first-order valence-corrected chi connectivity index (χ1v) is 9.06. The van der Waals surface area contributed by atoms with Crippen LogP contribution >= 0.6 is 15.9 Å². The molecular weight excluding hydrogens is 396 g/mol. The monoisotopic (exact) mass is 412 g/mol. The molecule has 132 valence electrons. The van der Waals surface area contributed by atoms with Crippen molar-refractivity contribution in [3.8, 4) is 23.0 Å². The molecule has 0 bridgehead atoms. The molecule has 3 aromatic rings. The van der Waals surface area contributed by atoms with Crippen molar-refractivity contribution in [1.29, 1.82) is 0 Å². The molecule has 1 heterocycles. The van der Waals surface area contributed by atoms with Crippen LogP contribution in [0.25, 0.3) is 0 Å². The maximum Gasteiger partial charge on any atom is 0.231 e. The minimum atomic E-state index is 0.172. The van der Waals surface area contributed by atoms with Crippen molar-refractivity contribution in [3.63, 3.8) is 0 Å². The second-order valence-electron chi connectivity index (χ2n) is 5.80. The van der Waals surface area contributed by atoms with Crippen LogP contribution in [0, 0.1) is 0 Å². The van der Waals surface area contributed by atoms with Gasteiger partial charge in [0.1, 0.15) is 23.4 Å². The van der Waals surface area contributed by atoms with Crippen LogP contribution in [0.4, 0.5) is 0 Å². The summed E-state index contributed by atoms with van der Waals surface area (Å²) in [6.07, 6.45) is 0. The number of hydrogen-bond acceptors (Lipinski definition) is 4. The van der Waals surface area contributed by atoms with Crippen LogP contribution in [0.5, 0.6) is 23.0 Å². The van der Waals surface area contributed by atoms with Gasteiger partial charge in [0, 0.05) is 6.07 Å². The third kappa shape index (κ3) is 3.63. The first kappa shape index (κ1) is 16.8. The van der Waals surface area contributed by atoms with Gasteiger partial charge in [-0.3, -0.25) is 0 Å². The molecule has 1 aliphatic heterocycles. The highest BCUT2D eigenvalue weighted by atomic mass is 79.9. The first-order chi connectivity index (χ1) is 12.8. The van der Waals surface area contributed by atoms with Gasteiger partial charge in [-0.15, -0.1) is 0 Å². The number of benzene rings is 3. The smallest absolute Gasteiger partial charge is 0.231 e. The molecule has 0 saturated carbocycles. The zero-order valence-corrected chi connectivity index (χ0v) is 15.6. The standard InChI is InChI=1S/C21H17BrO4/c22-19-17(23-12-15-7-3-1-4-8-15)11-18-20(26-14-25-18)21(19)24-13-16-9-5-2-6-10-16/h1-11H,12-14H2. The molecule has 0 unspecified atom stereocenters. The third-order valence-corrected chi connectivity index (χ3v) is 4.74. The molecule has 0 amide bonds. The Morgan fingerprint density at radius 1 is 0.808 bits per heavy atom. The largest absolute Gasteiger partial charge is 0.487 e. The molecule has 0 saturated heterocycles. The predicted octanol–water partition coefficient (Wildman–Crippen LogP) is 5.34. The highest BCUT2D eigenvalue weighted by Gasteiger charge is 2.25. The third-order valence-electron chi connectivity index (χ3n) is 3.99. The zero-order valence-electron chi connectivity index (χ0n) is 14.0. The Bertz CT molecular complexity index is 882. The topological polar surface area (TPSA) is 36.9 Å². The Labute approximate surface area is 160 Å². The first-order valence-electron chi connectivity index (χ1n) is 8.27. The predicted molar refractivity (Wildman–Crippen MR) is 102 cm³/mol. The fourth-order valence-corrected chi connectivity index (χ4v) is 3.19. The Kier molecular flexibility index (Phi) is 4.97. The molecular formula is C21H17BrO4. The van der Waals surface area contributed by atoms with E-state index >= 15 is 0 Å². The number of halogens is 1. The molecule has 0 atom stereocenters. The highest BCUT2D eigenvalue weighted by molar-refractivity contribution is 9.10. The number of hydrogen-bond donors (Lipinski definition) is 0. The van der Waals surface area contributed by atoms with Crippen LogP contribution < -0.4 is 18.9 Å². The van der Waals surface area contributed by atoms with Gasteiger partial charge in [0.2, 0.25) is 12.5 Å². The Morgan fingerprint density at radius 3 is 2.08 bits per heavy atom. The van der Waals surface area contributed by atoms with Crippen molar-refractivity contribution in [2.45, 2.75) is 13.2 Å². The molecule has 0 aliphatic carbocycles. The summed E-state index contributed by atoms with van der Waals surface area (Å²) in [6.45, 7) is 1.06. The Hall–Kier alpha value is -2.66. The average molecular weight is 413 g/mol. The molecule has 4 nitrogen and oxygen atoms in total. The van der Waals surface area contributed by atoms with E-state index in [2.05, 4.69) is 15.9 Å². The highest BCUT2D eigenvalue weighted by Crippen LogP contribution is 2.50. The molecule has 0 aromatic heterocycles. The van der Waals surface area contributed by atoms with Crippen molar-refractivity contribution < 1.29 is 18.9 Å². The zero-order chi connectivity index (χ0) is 17.8. The molecule has 4 rings (SSSR count). The van der Waals surface area contributed by atoms with Gasteiger partial charge >= 0.3 is 0 Å². The molecule has 0 fully saturated rings. The van der Waals surface area contributed by atoms with Crippen molar-refractivity contribution >= 4 is 15.9 Å². The number of fused-ring (bicyclic) bond motifs is 1. The van der Waals surface area contributed by atoms with Crippen LogP contribution in [0.2, 0.25) is 0 Å². The summed E-state index contributed by atoms with van der Waals surface area (Å²) < 4.78 is 23.8. The van der Waals surface area contributed by atoms with Gasteiger partial charge in [-0.1, -0.05) is 60.7 Å². The SMILES string of the molecule is Brc1c(OCc2ccccc2)cc2c(c1OCc1ccccc1)OCO2. The van der Waals surface area contributed by atoms with Crippen molar-refractivity contribution in [2.24, 2.45) is 0 Å². The second-order valence-corrected chi connectivity index (χ2v) is 6.59. The van der Waals surface area contributed by atoms with E-state index in [1.165, 1.54) is 0 Å². The van der Waals surface area contributed by atoms with Gasteiger partial charge in [0.05, 0.1) is 0 Å². The van der Waals surface area contributed by atoms with Crippen molar-refractivity contribution in [1.82, 2.24) is 0 Å². The fourth-order valence-electron chi connectivity index (χ4n) is 2.67. The van der Waals surface area contributed by atoms with Crippen LogP contribution in [0.15, 0.2) is 71.2 Å². The average Bonchev–Trinajstić information content (AvgIpc) is 3.15. The lowest BCUT2D eigenvalue weighted by molar-refractivity contribution is 0.169. The summed E-state index contributed by atoms with van der Waals surface area (Å²) in [5, 5.41) is 0. The molecule has 1 aliphatic rings. The Balaban J connectivity index is 1.57. The summed E-state index contributed by atoms with van der Waals surface area (Å²) in [5.74, 6) is 2.47. The fraction of sp³-hybridized carbons (Fsp3) is 0.143. The van der Waals surface area contributed by atoms with E-state index in [0.717, 1.165) is 11.1 Å². The molecule has 26 heavy (non-hydrogen) atoms. The lowest BCUT2D eigenvalue weighted by Gasteiger charge is -2.15. The molecule has 0 spiro atoms. The van der Waals surface area contributed by atoms with Gasteiger partial charge in [0.25, 0.3) is 0 Å². The number of rotatable bonds is 6. The summed E-state index contributed by atoms with van der Waals surface area (Å²) in [4.78, 5) is 0. The minimum Gasteiger partial charge on any atom is -0.487 e. The molecule has 0 radical (unpaired) electrons. The maximum atomic E-state index is 6.03. The maximum absolute atomic E-state index is 6.03. The molecule has 0 N–H and O–H groups in total. The van der Waals surface area contributed by atoms with Gasteiger partial charge in [-0.05, 0) is 27.1 Å². The lowest BCUT2D eigenvalue weighted by Crippen LogP contribution is -2.00. The molecule has 5 heteroatoms. The summed E-state index contributed by atoms with van der Waals surface area (Å²) in [6, 6.07) is 21.8. The van der Waals surface area contributed by atoms with E-state index in [-0.39, 0.29) is 6.79 Å². The van der Waals surface area contributed by atoms with Gasteiger partial charge < -0.3 is 18.9 Å². The lowest BCUT2D eigenvalue weighted by atomic mass is 10.2. The quantitative estimate of drug-likeness (QED) is 0.547. The summed E-state index contributed by atoms with van der Waals surface area (Å²) in [5.41, 5.74) is 2.16. The van der Waals surface area contributed by atoms with Crippen molar-refractivity contribution in [3.05, 3.63) is 82.3 Å². The van der Waals surface area contributed by atoms with Gasteiger partial charge in [-0.2, -0.15) is 0 Å². The number of ether oxygens (including phenoxy) is 4. The van der Waals surface area contributed by atoms with E-state index < -0.39 is 0 Å². The summed E-state index contributed by atoms with van der Waals surface area (Å²) >= 11 is 3.60. The molecule has 3 aromatic carbocycles. The Morgan fingerprint density at radius 2 is 1.42 bits per heavy atom. The van der Waals surface area contributed by atoms with E-state index in [9.17, 15) is 0 Å². The van der Waals surface area contributed by atoms with Crippen LogP contribution in [-0.4, -0.2) is 6.79 Å². The van der Waals surface area contributed by atoms with Crippen LogP contribution in [0.1, 0.15) is 11.1 Å². The van der Waals surface area contributed by atoms with Crippen LogP contribution in [0.3, 0.4) is 0 Å².